The molecule has 3 rings (SSSR count). The van der Waals surface area contributed by atoms with Gasteiger partial charge in [0.05, 0.1) is 0 Å². The summed E-state index contributed by atoms with van der Waals surface area (Å²) in [4.78, 5) is 13.0. The minimum absolute atomic E-state index is 0.000931. The molecule has 2 aromatic rings. The van der Waals surface area contributed by atoms with Gasteiger partial charge in [0.2, 0.25) is 5.69 Å². The summed E-state index contributed by atoms with van der Waals surface area (Å²) in [6, 6.07) is 8.61. The molecule has 0 radical (unpaired) electrons. The molecule has 0 saturated carbocycles. The Hall–Kier alpha value is -2.26. The summed E-state index contributed by atoms with van der Waals surface area (Å²) in [7, 11) is 0. The predicted octanol–water partition coefficient (Wildman–Crippen LogP) is 3.37. The van der Waals surface area contributed by atoms with Crippen LogP contribution in [0.1, 0.15) is 0 Å². The number of hydrogen-bond acceptors (Lipinski definition) is 5. The first-order valence-electron chi connectivity index (χ1n) is 6.95. The molecule has 0 spiro atoms. The fourth-order valence-electron chi connectivity index (χ4n) is 2.22. The van der Waals surface area contributed by atoms with E-state index in [0.29, 0.717) is 15.5 Å². The van der Waals surface area contributed by atoms with Gasteiger partial charge in [0, 0.05) is 15.9 Å². The number of halogens is 3. The summed E-state index contributed by atoms with van der Waals surface area (Å²) in [5, 5.41) is 12.8. The molecule has 24 heavy (non-hydrogen) atoms. The summed E-state index contributed by atoms with van der Waals surface area (Å²) >= 11 is 1.16. The largest absolute Gasteiger partial charge is 0.573 e. The van der Waals surface area contributed by atoms with Crippen molar-refractivity contribution >= 4 is 23.1 Å². The van der Waals surface area contributed by atoms with Crippen LogP contribution in [0.4, 0.5) is 24.5 Å². The van der Waals surface area contributed by atoms with Gasteiger partial charge < -0.3 is 9.84 Å². The first-order valence-corrected chi connectivity index (χ1v) is 7.76. The molecule has 1 fully saturated rings. The number of nitroso groups, excluding NO2 is 1. The molecule has 1 aliphatic rings. The molecule has 0 amide bonds. The molecule has 126 valence electrons. The minimum atomic E-state index is -4.76. The van der Waals surface area contributed by atoms with Crippen molar-refractivity contribution in [3.8, 4) is 11.5 Å². The van der Waals surface area contributed by atoms with E-state index in [9.17, 15) is 23.2 Å². The van der Waals surface area contributed by atoms with Crippen molar-refractivity contribution in [2.24, 2.45) is 5.18 Å². The number of benzene rings is 2. The van der Waals surface area contributed by atoms with Gasteiger partial charge >= 0.3 is 6.36 Å². The fourth-order valence-corrected chi connectivity index (χ4v) is 3.16. The number of phenolic OH excluding ortho intramolecular Hbond substituents is 1. The van der Waals surface area contributed by atoms with Crippen molar-refractivity contribution in [3.63, 3.8) is 0 Å². The van der Waals surface area contributed by atoms with E-state index < -0.39 is 6.36 Å². The number of rotatable bonds is 5. The van der Waals surface area contributed by atoms with Crippen LogP contribution in [0.5, 0.6) is 11.5 Å². The first-order chi connectivity index (χ1) is 11.4. The van der Waals surface area contributed by atoms with Gasteiger partial charge in [-0.2, -0.15) is 0 Å². The van der Waals surface area contributed by atoms with E-state index in [0.717, 1.165) is 29.8 Å². The maximum Gasteiger partial charge on any atom is 0.573 e. The lowest BCUT2D eigenvalue weighted by Crippen LogP contribution is -2.85. The molecular weight excluding hydrogens is 345 g/mol. The minimum Gasteiger partial charge on any atom is -0.505 e. The topological polar surface area (TPSA) is 63.3 Å². The van der Waals surface area contributed by atoms with Gasteiger partial charge in [-0.15, -0.1) is 18.1 Å². The van der Waals surface area contributed by atoms with Crippen LogP contribution in [0.2, 0.25) is 0 Å². The third-order valence-corrected chi connectivity index (χ3v) is 4.27. The molecule has 9 heteroatoms. The standard InChI is InChI=1S/C15H11F3N2O3S/c16-15(17,18)23-9-2-1-3-10(6-9)24-11-7-12(20-4-5-20)14(19-22)13(21)8-11/h1-3,6-8,21H,4-5H2/p+1. The van der Waals surface area contributed by atoms with Gasteiger partial charge in [0.15, 0.2) is 11.4 Å². The first kappa shape index (κ1) is 16.6. The van der Waals surface area contributed by atoms with E-state index in [1.165, 1.54) is 24.3 Å². The Morgan fingerprint density at radius 2 is 1.92 bits per heavy atom. The van der Waals surface area contributed by atoms with Crippen LogP contribution < -0.4 is 9.64 Å². The lowest BCUT2D eigenvalue weighted by molar-refractivity contribution is -0.678. The number of phenols is 1. The summed E-state index contributed by atoms with van der Waals surface area (Å²) < 4.78 is 40.7. The molecule has 1 saturated heterocycles. The molecule has 0 unspecified atom stereocenters. The molecule has 2 N–H and O–H groups in total. The Balaban J connectivity index is 1.86. The summed E-state index contributed by atoms with van der Waals surface area (Å²) in [5.74, 6) is -0.563. The van der Waals surface area contributed by atoms with Crippen LogP contribution in [0.3, 0.4) is 0 Å². The van der Waals surface area contributed by atoms with E-state index in [4.69, 9.17) is 0 Å². The average molecular weight is 357 g/mol. The van der Waals surface area contributed by atoms with E-state index in [1.807, 2.05) is 0 Å². The van der Waals surface area contributed by atoms with Crippen LogP contribution in [0.25, 0.3) is 0 Å². The van der Waals surface area contributed by atoms with Gasteiger partial charge in [-0.05, 0) is 29.4 Å². The van der Waals surface area contributed by atoms with Crippen molar-refractivity contribution in [2.45, 2.75) is 16.2 Å². The van der Waals surface area contributed by atoms with E-state index in [2.05, 4.69) is 9.91 Å². The molecule has 0 bridgehead atoms. The number of ether oxygens (including phenoxy) is 1. The maximum absolute atomic E-state index is 12.3. The van der Waals surface area contributed by atoms with Crippen molar-refractivity contribution in [3.05, 3.63) is 41.3 Å². The monoisotopic (exact) mass is 357 g/mol. The summed E-state index contributed by atoms with van der Waals surface area (Å²) in [6.45, 7) is 1.68. The second-order valence-corrected chi connectivity index (χ2v) is 6.31. The molecule has 0 aromatic heterocycles. The molecule has 0 aliphatic carbocycles. The van der Waals surface area contributed by atoms with Gasteiger partial charge in [0.25, 0.3) is 0 Å². The molecule has 2 aromatic carbocycles. The number of hydrogen-bond donors (Lipinski definition) is 2. The lowest BCUT2D eigenvalue weighted by Gasteiger charge is -2.10. The fraction of sp³-hybridized carbons (Fsp3) is 0.200. The van der Waals surface area contributed by atoms with Crippen LogP contribution in [-0.4, -0.2) is 24.6 Å². The number of nitrogens with one attached hydrogen (secondary N) is 1. The number of aromatic hydroxyl groups is 1. The Labute approximate surface area is 139 Å². The number of quaternary nitrogens is 1. The highest BCUT2D eigenvalue weighted by atomic mass is 32.2. The quantitative estimate of drug-likeness (QED) is 0.636. The highest BCUT2D eigenvalue weighted by Gasteiger charge is 2.32. The summed E-state index contributed by atoms with van der Waals surface area (Å²) in [6.07, 6.45) is -4.76. The zero-order valence-corrected chi connectivity index (χ0v) is 12.9. The average Bonchev–Trinajstić information content (AvgIpc) is 3.29. The van der Waals surface area contributed by atoms with Crippen molar-refractivity contribution in [1.82, 2.24) is 0 Å². The zero-order valence-electron chi connectivity index (χ0n) is 12.1. The molecule has 1 aliphatic heterocycles. The smallest absolute Gasteiger partial charge is 0.505 e. The predicted molar refractivity (Wildman–Crippen MR) is 81.2 cm³/mol. The highest BCUT2D eigenvalue weighted by Crippen LogP contribution is 2.40. The van der Waals surface area contributed by atoms with Gasteiger partial charge in [0.1, 0.15) is 18.8 Å². The Bertz CT molecular complexity index is 779. The van der Waals surface area contributed by atoms with E-state index in [-0.39, 0.29) is 17.2 Å². The van der Waals surface area contributed by atoms with E-state index >= 15 is 0 Å². The lowest BCUT2D eigenvalue weighted by atomic mass is 10.2. The Morgan fingerprint density at radius 1 is 1.17 bits per heavy atom. The number of alkyl halides is 3. The second kappa shape index (κ2) is 6.33. The van der Waals surface area contributed by atoms with Crippen LogP contribution in [0.15, 0.2) is 51.4 Å². The number of nitrogens with zero attached hydrogens (tertiary/aromatic N) is 1. The van der Waals surface area contributed by atoms with Crippen molar-refractivity contribution in [2.75, 3.05) is 13.1 Å². The highest BCUT2D eigenvalue weighted by molar-refractivity contribution is 7.99. The zero-order chi connectivity index (χ0) is 17.3. The molecule has 1 heterocycles. The second-order valence-electron chi connectivity index (χ2n) is 5.16. The Morgan fingerprint density at radius 3 is 2.54 bits per heavy atom. The van der Waals surface area contributed by atoms with E-state index in [1.54, 1.807) is 12.1 Å². The van der Waals surface area contributed by atoms with Crippen LogP contribution in [0, 0.1) is 4.91 Å². The third-order valence-electron chi connectivity index (χ3n) is 3.31. The van der Waals surface area contributed by atoms with Gasteiger partial charge in [-0.25, -0.2) is 0 Å². The molecule has 5 nitrogen and oxygen atoms in total. The molecule has 0 atom stereocenters. The van der Waals surface area contributed by atoms with Crippen LogP contribution in [-0.2, 0) is 0 Å². The Kier molecular flexibility index (Phi) is 4.37. The maximum atomic E-state index is 12.3. The summed E-state index contributed by atoms with van der Waals surface area (Å²) in [5.41, 5.74) is 0.594. The van der Waals surface area contributed by atoms with Crippen LogP contribution >= 0.6 is 11.8 Å². The normalized spacial score (nSPS) is 14.5. The van der Waals surface area contributed by atoms with Gasteiger partial charge in [-0.1, -0.05) is 17.8 Å². The van der Waals surface area contributed by atoms with Crippen molar-refractivity contribution < 1.29 is 27.9 Å². The van der Waals surface area contributed by atoms with Crippen molar-refractivity contribution in [1.29, 1.82) is 0 Å². The van der Waals surface area contributed by atoms with Gasteiger partial charge in [-0.3, -0.25) is 4.90 Å². The SMILES string of the molecule is O=Nc1c(O)cc(Sc2cccc(OC(F)(F)F)c2)cc1[NH+]1CC1. The third kappa shape index (κ3) is 3.98. The molecular formula is C15H12F3N2O3S+.